The average molecular weight is 462 g/mol. The zero-order valence-corrected chi connectivity index (χ0v) is 20.0. The van der Waals surface area contributed by atoms with Crippen LogP contribution in [0.2, 0.25) is 0 Å². The molecule has 1 atom stereocenters. The molecule has 5 rings (SSSR count). The molecule has 3 nitrogen and oxygen atoms in total. The Balaban J connectivity index is 1.65. The molecule has 0 bridgehead atoms. The first-order valence-corrected chi connectivity index (χ1v) is 11.9. The highest BCUT2D eigenvalue weighted by Gasteiger charge is 2.46. The third-order valence-corrected chi connectivity index (χ3v) is 6.61. The van der Waals surface area contributed by atoms with Crippen molar-refractivity contribution in [1.29, 1.82) is 0 Å². The largest absolute Gasteiger partial charge is 0.319 e. The predicted molar refractivity (Wildman–Crippen MR) is 145 cm³/mol. The maximum Gasteiger partial charge on any atom is 0.179 e. The van der Waals surface area contributed by atoms with Gasteiger partial charge in [0.15, 0.2) is 5.11 Å². The molecule has 1 aliphatic rings. The number of aliphatic imine (C=N–C) groups is 1. The highest BCUT2D eigenvalue weighted by Crippen LogP contribution is 2.35. The minimum atomic E-state index is -0.471. The zero-order valence-electron chi connectivity index (χ0n) is 19.1. The highest BCUT2D eigenvalue weighted by atomic mass is 32.1. The van der Waals surface area contributed by atoms with Crippen LogP contribution in [-0.2, 0) is 6.42 Å². The number of thiocarbonyl (C=S) groups is 1. The molecule has 4 heteroatoms. The van der Waals surface area contributed by atoms with Crippen LogP contribution >= 0.6 is 12.2 Å². The lowest BCUT2D eigenvalue weighted by Crippen LogP contribution is -2.49. The number of hydrogen-bond acceptors (Lipinski definition) is 2. The minimum Gasteiger partial charge on any atom is -0.319 e. The van der Waals surface area contributed by atoms with E-state index in [1.54, 1.807) is 0 Å². The molecule has 1 unspecified atom stereocenters. The van der Waals surface area contributed by atoms with Crippen molar-refractivity contribution in [2.24, 2.45) is 4.99 Å². The third-order valence-electron chi connectivity index (χ3n) is 6.33. The van der Waals surface area contributed by atoms with Gasteiger partial charge < -0.3 is 10.2 Å². The lowest BCUT2D eigenvalue weighted by molar-refractivity contribution is 0.619. The van der Waals surface area contributed by atoms with Crippen molar-refractivity contribution in [3.63, 3.8) is 0 Å². The Hall–Kier alpha value is -3.76. The summed E-state index contributed by atoms with van der Waals surface area (Å²) in [6.45, 7) is 2.23. The van der Waals surface area contributed by atoms with Crippen molar-refractivity contribution < 1.29 is 0 Å². The van der Waals surface area contributed by atoms with Gasteiger partial charge in [-0.15, -0.1) is 0 Å². The second kappa shape index (κ2) is 9.62. The number of anilines is 1. The van der Waals surface area contributed by atoms with Gasteiger partial charge in [0.25, 0.3) is 0 Å². The molecule has 0 aromatic heterocycles. The number of nitrogens with one attached hydrogen (secondary N) is 1. The number of amidine groups is 1. The summed E-state index contributed by atoms with van der Waals surface area (Å²) in [5, 5.41) is 4.16. The quantitative estimate of drug-likeness (QED) is 0.329. The van der Waals surface area contributed by atoms with E-state index in [9.17, 15) is 0 Å². The van der Waals surface area contributed by atoms with Crippen molar-refractivity contribution in [3.05, 3.63) is 138 Å². The highest BCUT2D eigenvalue weighted by molar-refractivity contribution is 7.80. The van der Waals surface area contributed by atoms with E-state index in [1.165, 1.54) is 5.56 Å². The monoisotopic (exact) mass is 461 g/mol. The summed E-state index contributed by atoms with van der Waals surface area (Å²) < 4.78 is 0. The molecule has 1 saturated heterocycles. The van der Waals surface area contributed by atoms with Crippen molar-refractivity contribution in [3.8, 4) is 0 Å². The van der Waals surface area contributed by atoms with Gasteiger partial charge >= 0.3 is 0 Å². The fraction of sp³-hybridized carbons (Fsp3) is 0.133. The Morgan fingerprint density at radius 3 is 1.74 bits per heavy atom. The topological polar surface area (TPSA) is 27.6 Å². The molecule has 168 valence electrons. The lowest BCUT2D eigenvalue weighted by Gasteiger charge is -2.35. The first kappa shape index (κ1) is 22.1. The fourth-order valence-electron chi connectivity index (χ4n) is 4.67. The summed E-state index contributed by atoms with van der Waals surface area (Å²) in [6.07, 6.45) is 0.769. The summed E-state index contributed by atoms with van der Waals surface area (Å²) in [5.41, 5.74) is 4.12. The molecule has 0 aliphatic carbocycles. The summed E-state index contributed by atoms with van der Waals surface area (Å²) in [7, 11) is 0. The van der Waals surface area contributed by atoms with Gasteiger partial charge in [-0.3, -0.25) is 4.99 Å². The van der Waals surface area contributed by atoms with Crippen LogP contribution in [0.15, 0.2) is 126 Å². The third kappa shape index (κ3) is 4.37. The van der Waals surface area contributed by atoms with E-state index in [2.05, 4.69) is 102 Å². The maximum atomic E-state index is 5.88. The molecular weight excluding hydrogens is 434 g/mol. The Morgan fingerprint density at radius 2 is 1.21 bits per heavy atom. The van der Waals surface area contributed by atoms with Crippen molar-refractivity contribution in [2.45, 2.75) is 24.9 Å². The molecule has 1 aliphatic heterocycles. The molecular formula is C30H27N3S. The van der Waals surface area contributed by atoms with Crippen LogP contribution in [0.3, 0.4) is 0 Å². The van der Waals surface area contributed by atoms with E-state index in [0.717, 1.165) is 29.1 Å². The summed E-state index contributed by atoms with van der Waals surface area (Å²) in [5.74, 6) is 0.878. The van der Waals surface area contributed by atoms with Crippen molar-refractivity contribution in [1.82, 2.24) is 5.32 Å². The molecule has 4 aromatic rings. The van der Waals surface area contributed by atoms with Gasteiger partial charge in [0.1, 0.15) is 17.4 Å². The number of rotatable bonds is 6. The fourth-order valence-corrected chi connectivity index (χ4v) is 5.07. The Bertz CT molecular complexity index is 1230. The molecule has 0 spiro atoms. The van der Waals surface area contributed by atoms with E-state index < -0.39 is 5.54 Å². The SMILES string of the molecule is CC1(Cc2ccccc2)C(=NC(c2ccccc2)c2ccccc2)NC(=S)N1c1ccccc1. The van der Waals surface area contributed by atoms with E-state index in [-0.39, 0.29) is 6.04 Å². The molecule has 1 heterocycles. The van der Waals surface area contributed by atoms with Crippen molar-refractivity contribution in [2.75, 3.05) is 4.90 Å². The van der Waals surface area contributed by atoms with Gasteiger partial charge in [0.2, 0.25) is 0 Å². The van der Waals surface area contributed by atoms with Crippen LogP contribution in [0.5, 0.6) is 0 Å². The van der Waals surface area contributed by atoms with Gasteiger partial charge in [-0.1, -0.05) is 109 Å². The number of benzene rings is 4. The predicted octanol–water partition coefficient (Wildman–Crippen LogP) is 6.57. The average Bonchev–Trinajstić information content (AvgIpc) is 3.13. The number of hydrogen-bond donors (Lipinski definition) is 1. The molecule has 0 amide bonds. The summed E-state index contributed by atoms with van der Waals surface area (Å²) in [6, 6.07) is 41.6. The maximum absolute atomic E-state index is 5.88. The van der Waals surface area contributed by atoms with Crippen LogP contribution in [0, 0.1) is 0 Å². The molecule has 1 fully saturated rings. The van der Waals surface area contributed by atoms with E-state index in [1.807, 2.05) is 36.4 Å². The molecule has 0 saturated carbocycles. The first-order chi connectivity index (χ1) is 16.6. The van der Waals surface area contributed by atoms with E-state index >= 15 is 0 Å². The lowest BCUT2D eigenvalue weighted by atomic mass is 9.89. The van der Waals surface area contributed by atoms with Gasteiger partial charge in [-0.05, 0) is 48.0 Å². The van der Waals surface area contributed by atoms with Crippen molar-refractivity contribution >= 4 is 28.9 Å². The number of nitrogens with zero attached hydrogens (tertiary/aromatic N) is 2. The van der Waals surface area contributed by atoms with Gasteiger partial charge in [-0.2, -0.15) is 0 Å². The minimum absolute atomic E-state index is 0.140. The first-order valence-electron chi connectivity index (χ1n) is 11.5. The normalized spacial score (nSPS) is 18.9. The van der Waals surface area contributed by atoms with Crippen LogP contribution in [0.1, 0.15) is 29.7 Å². The molecule has 34 heavy (non-hydrogen) atoms. The second-order valence-electron chi connectivity index (χ2n) is 8.74. The van der Waals surface area contributed by atoms with Crippen LogP contribution < -0.4 is 10.2 Å². The molecule has 0 radical (unpaired) electrons. The van der Waals surface area contributed by atoms with E-state index in [4.69, 9.17) is 17.2 Å². The van der Waals surface area contributed by atoms with Crippen LogP contribution in [0.25, 0.3) is 0 Å². The van der Waals surface area contributed by atoms with Gasteiger partial charge in [0.05, 0.1) is 0 Å². The van der Waals surface area contributed by atoms with Crippen LogP contribution in [-0.4, -0.2) is 16.5 Å². The van der Waals surface area contributed by atoms with Crippen LogP contribution in [0.4, 0.5) is 5.69 Å². The Morgan fingerprint density at radius 1 is 0.735 bits per heavy atom. The standard InChI is InChI=1S/C30H27N3S/c1-30(22-23-14-6-2-7-15-23)28(32-29(34)33(30)26-20-12-5-13-21-26)31-27(24-16-8-3-9-17-24)25-18-10-4-11-19-25/h2-21,27H,22H2,1H3,(H,31,32,34). The smallest absolute Gasteiger partial charge is 0.179 e. The van der Waals surface area contributed by atoms with E-state index in [0.29, 0.717) is 5.11 Å². The zero-order chi connectivity index (χ0) is 23.4. The Kier molecular flexibility index (Phi) is 6.24. The second-order valence-corrected chi connectivity index (χ2v) is 9.13. The molecule has 1 N–H and O–H groups in total. The van der Waals surface area contributed by atoms with Gasteiger partial charge in [0, 0.05) is 12.1 Å². The summed E-state index contributed by atoms with van der Waals surface area (Å²) in [4.78, 5) is 7.58. The van der Waals surface area contributed by atoms with Gasteiger partial charge in [-0.25, -0.2) is 0 Å². The summed E-state index contributed by atoms with van der Waals surface area (Å²) >= 11 is 5.88. The Labute approximate surface area is 206 Å². The number of para-hydroxylation sites is 1. The molecule has 4 aromatic carbocycles.